The van der Waals surface area contributed by atoms with Crippen molar-refractivity contribution in [3.63, 3.8) is 0 Å². The van der Waals surface area contributed by atoms with Crippen molar-refractivity contribution in [2.45, 2.75) is 13.8 Å². The molecule has 0 aliphatic heterocycles. The monoisotopic (exact) mass is 343 g/mol. The van der Waals surface area contributed by atoms with Crippen LogP contribution in [-0.2, 0) is 14.3 Å². The van der Waals surface area contributed by atoms with Gasteiger partial charge in [0.1, 0.15) is 12.1 Å². The summed E-state index contributed by atoms with van der Waals surface area (Å²) in [5.41, 5.74) is 1.40. The van der Waals surface area contributed by atoms with E-state index in [1.165, 1.54) is 0 Å². The first-order valence-electron chi connectivity index (χ1n) is 7.51. The number of benzene rings is 1. The first-order valence-corrected chi connectivity index (χ1v) is 7.51. The molecule has 1 aromatic carbocycles. The zero-order valence-electron chi connectivity index (χ0n) is 14.3. The number of nitrogens with zero attached hydrogens (tertiary/aromatic N) is 1. The van der Waals surface area contributed by atoms with E-state index in [0.717, 1.165) is 5.39 Å². The molecule has 0 bridgehead atoms. The number of aliphatic hydroxyl groups excluding tert-OH is 1. The standard InChI is InChI=1S/C13H11NO2.C6H10O3/c1-9(2)13(15)16-11-7-3-5-10-6-4-8-14-12(10)11;1-5(2)6(8)9-4-3-7/h3-8H,1H2,2H3;7H,1,3-4H2,2H3. The fraction of sp³-hybridized carbons (Fsp3) is 0.211. The lowest BCUT2D eigenvalue weighted by molar-refractivity contribution is -0.139. The Bertz CT molecular complexity index is 777. The van der Waals surface area contributed by atoms with E-state index in [4.69, 9.17) is 9.84 Å². The fourth-order valence-electron chi connectivity index (χ4n) is 1.61. The number of pyridine rings is 1. The van der Waals surface area contributed by atoms with Crippen LogP contribution in [-0.4, -0.2) is 35.2 Å². The Morgan fingerprint density at radius 3 is 2.32 bits per heavy atom. The Hall–Kier alpha value is -2.99. The van der Waals surface area contributed by atoms with Crippen molar-refractivity contribution in [2.75, 3.05) is 13.2 Å². The van der Waals surface area contributed by atoms with Crippen LogP contribution in [0.3, 0.4) is 0 Å². The maximum absolute atomic E-state index is 11.4. The van der Waals surface area contributed by atoms with Gasteiger partial charge in [0.15, 0.2) is 5.75 Å². The summed E-state index contributed by atoms with van der Waals surface area (Å²) in [5.74, 6) is -0.423. The smallest absolute Gasteiger partial charge is 0.338 e. The molecule has 2 aromatic rings. The van der Waals surface area contributed by atoms with E-state index in [9.17, 15) is 9.59 Å². The third-order valence-corrected chi connectivity index (χ3v) is 2.82. The first-order chi connectivity index (χ1) is 11.9. The van der Waals surface area contributed by atoms with Crippen molar-refractivity contribution in [1.29, 1.82) is 0 Å². The summed E-state index contributed by atoms with van der Waals surface area (Å²) >= 11 is 0. The van der Waals surface area contributed by atoms with Gasteiger partial charge in [-0.25, -0.2) is 9.59 Å². The van der Waals surface area contributed by atoms with Crippen molar-refractivity contribution in [1.82, 2.24) is 4.98 Å². The molecule has 0 aliphatic carbocycles. The topological polar surface area (TPSA) is 85.7 Å². The van der Waals surface area contributed by atoms with Gasteiger partial charge in [-0.1, -0.05) is 31.4 Å². The van der Waals surface area contributed by atoms with Gasteiger partial charge in [0.25, 0.3) is 0 Å². The average molecular weight is 343 g/mol. The summed E-state index contributed by atoms with van der Waals surface area (Å²) in [7, 11) is 0. The molecule has 6 nitrogen and oxygen atoms in total. The molecule has 0 aliphatic rings. The number of hydrogen-bond donors (Lipinski definition) is 1. The molecule has 0 atom stereocenters. The van der Waals surface area contributed by atoms with Crippen LogP contribution in [0.2, 0.25) is 0 Å². The van der Waals surface area contributed by atoms with Crippen LogP contribution < -0.4 is 4.74 Å². The Balaban J connectivity index is 0.000000299. The molecule has 0 saturated carbocycles. The molecule has 6 heteroatoms. The van der Waals surface area contributed by atoms with Crippen LogP contribution >= 0.6 is 0 Å². The van der Waals surface area contributed by atoms with Crippen LogP contribution in [0, 0.1) is 0 Å². The van der Waals surface area contributed by atoms with Crippen molar-refractivity contribution in [3.05, 3.63) is 60.8 Å². The summed E-state index contributed by atoms with van der Waals surface area (Å²) in [6.45, 7) is 9.96. The Morgan fingerprint density at radius 1 is 1.08 bits per heavy atom. The second kappa shape index (κ2) is 10.00. The van der Waals surface area contributed by atoms with Gasteiger partial charge < -0.3 is 14.6 Å². The SMILES string of the molecule is C=C(C)C(=O)OCCO.C=C(C)C(=O)Oc1cccc2cccnc12. The van der Waals surface area contributed by atoms with E-state index in [2.05, 4.69) is 22.9 Å². The third-order valence-electron chi connectivity index (χ3n) is 2.82. The molecular formula is C19H21NO5. The maximum Gasteiger partial charge on any atom is 0.338 e. The zero-order chi connectivity index (χ0) is 18.8. The van der Waals surface area contributed by atoms with Crippen LogP contribution in [0.15, 0.2) is 60.8 Å². The number of hydrogen-bond acceptors (Lipinski definition) is 6. The Morgan fingerprint density at radius 2 is 1.72 bits per heavy atom. The largest absolute Gasteiger partial charge is 0.460 e. The zero-order valence-corrected chi connectivity index (χ0v) is 14.3. The molecule has 0 saturated heterocycles. The molecule has 0 spiro atoms. The highest BCUT2D eigenvalue weighted by atomic mass is 16.5. The number of ether oxygens (including phenoxy) is 2. The lowest BCUT2D eigenvalue weighted by Crippen LogP contribution is -2.08. The molecule has 25 heavy (non-hydrogen) atoms. The minimum Gasteiger partial charge on any atom is -0.460 e. The van der Waals surface area contributed by atoms with E-state index >= 15 is 0 Å². The molecule has 132 valence electrons. The molecule has 0 radical (unpaired) electrons. The minimum atomic E-state index is -0.455. The Labute approximate surface area is 146 Å². The highest BCUT2D eigenvalue weighted by Gasteiger charge is 2.08. The van der Waals surface area contributed by atoms with Gasteiger partial charge in [-0.15, -0.1) is 0 Å². The molecule has 0 unspecified atom stereocenters. The normalized spacial score (nSPS) is 9.56. The molecular weight excluding hydrogens is 322 g/mol. The number of rotatable bonds is 5. The quantitative estimate of drug-likeness (QED) is 0.510. The number of fused-ring (bicyclic) bond motifs is 1. The summed E-state index contributed by atoms with van der Waals surface area (Å²) in [6, 6.07) is 9.22. The van der Waals surface area contributed by atoms with Gasteiger partial charge in [0.2, 0.25) is 0 Å². The molecule has 0 amide bonds. The number of carbonyl (C=O) groups excluding carboxylic acids is 2. The van der Waals surface area contributed by atoms with Crippen molar-refractivity contribution in [2.24, 2.45) is 0 Å². The molecule has 1 aromatic heterocycles. The predicted octanol–water partition coefficient (Wildman–Crippen LogP) is 2.81. The lowest BCUT2D eigenvalue weighted by Gasteiger charge is -2.06. The van der Waals surface area contributed by atoms with E-state index < -0.39 is 11.9 Å². The minimum absolute atomic E-state index is 0.0473. The van der Waals surface area contributed by atoms with Gasteiger partial charge in [-0.05, 0) is 26.0 Å². The van der Waals surface area contributed by atoms with E-state index in [-0.39, 0.29) is 13.2 Å². The van der Waals surface area contributed by atoms with Gasteiger partial charge in [-0.3, -0.25) is 4.98 Å². The summed E-state index contributed by atoms with van der Waals surface area (Å²) in [6.07, 6.45) is 1.67. The fourth-order valence-corrected chi connectivity index (χ4v) is 1.61. The number of aliphatic hydroxyl groups is 1. The van der Waals surface area contributed by atoms with Gasteiger partial charge >= 0.3 is 11.9 Å². The Kier molecular flexibility index (Phi) is 8.02. The number of carbonyl (C=O) groups is 2. The second-order valence-corrected chi connectivity index (χ2v) is 5.14. The number of esters is 2. The summed E-state index contributed by atoms with van der Waals surface area (Å²) < 4.78 is 9.65. The second-order valence-electron chi connectivity index (χ2n) is 5.14. The lowest BCUT2D eigenvalue weighted by atomic mass is 10.2. The van der Waals surface area contributed by atoms with E-state index in [1.807, 2.05) is 24.3 Å². The maximum atomic E-state index is 11.4. The van der Waals surface area contributed by atoms with Gasteiger partial charge in [0.05, 0.1) is 6.61 Å². The highest BCUT2D eigenvalue weighted by Crippen LogP contribution is 2.23. The first kappa shape index (κ1) is 20.1. The molecule has 0 fully saturated rings. The molecule has 1 heterocycles. The predicted molar refractivity (Wildman–Crippen MR) is 95.1 cm³/mol. The highest BCUT2D eigenvalue weighted by molar-refractivity contribution is 5.92. The third kappa shape index (κ3) is 6.56. The van der Waals surface area contributed by atoms with Crippen LogP contribution in [0.4, 0.5) is 0 Å². The van der Waals surface area contributed by atoms with Gasteiger partial charge in [0, 0.05) is 22.7 Å². The van der Waals surface area contributed by atoms with Crippen LogP contribution in [0.25, 0.3) is 10.9 Å². The van der Waals surface area contributed by atoms with Crippen molar-refractivity contribution >= 4 is 22.8 Å². The number of para-hydroxylation sites is 1. The molecule has 1 N–H and O–H groups in total. The van der Waals surface area contributed by atoms with Crippen molar-refractivity contribution < 1.29 is 24.2 Å². The van der Waals surface area contributed by atoms with Crippen molar-refractivity contribution in [3.8, 4) is 5.75 Å². The average Bonchev–Trinajstić information content (AvgIpc) is 2.60. The molecule has 2 rings (SSSR count). The van der Waals surface area contributed by atoms with Gasteiger partial charge in [-0.2, -0.15) is 0 Å². The van der Waals surface area contributed by atoms with Crippen LogP contribution in [0.5, 0.6) is 5.75 Å². The number of aromatic nitrogens is 1. The van der Waals surface area contributed by atoms with Crippen LogP contribution in [0.1, 0.15) is 13.8 Å². The summed E-state index contributed by atoms with van der Waals surface area (Å²) in [5, 5.41) is 9.13. The van der Waals surface area contributed by atoms with E-state index in [1.54, 1.807) is 26.1 Å². The van der Waals surface area contributed by atoms with E-state index in [0.29, 0.717) is 22.4 Å². The summed E-state index contributed by atoms with van der Waals surface area (Å²) in [4.78, 5) is 26.1.